The van der Waals surface area contributed by atoms with E-state index in [1.807, 2.05) is 60.8 Å². The molecule has 0 bridgehead atoms. The van der Waals surface area contributed by atoms with Crippen molar-refractivity contribution in [3.63, 3.8) is 0 Å². The maximum atomic E-state index is 13.1. The first kappa shape index (κ1) is 18.7. The molecule has 0 radical (unpaired) electrons. The molecule has 0 saturated carbocycles. The Morgan fingerprint density at radius 2 is 1.69 bits per heavy atom. The fourth-order valence-electron chi connectivity index (χ4n) is 3.49. The number of hydrogen-bond donors (Lipinski definition) is 1. The van der Waals surface area contributed by atoms with Gasteiger partial charge in [-0.25, -0.2) is 4.39 Å². The number of H-pyrrole nitrogens is 1. The summed E-state index contributed by atoms with van der Waals surface area (Å²) in [4.78, 5) is 17.9. The summed E-state index contributed by atoms with van der Waals surface area (Å²) < 4.78 is 18.6. The van der Waals surface area contributed by atoms with Crippen molar-refractivity contribution in [3.05, 3.63) is 102 Å². The molecule has 3 aromatic carbocycles. The van der Waals surface area contributed by atoms with Crippen molar-refractivity contribution in [2.24, 2.45) is 0 Å². The predicted molar refractivity (Wildman–Crippen MR) is 111 cm³/mol. The molecule has 0 aliphatic carbocycles. The Kier molecular flexibility index (Phi) is 5.29. The van der Waals surface area contributed by atoms with Gasteiger partial charge in [0.1, 0.15) is 11.6 Å². The Bertz CT molecular complexity index is 1110. The summed E-state index contributed by atoms with van der Waals surface area (Å²) in [6.07, 6.45) is 1.95. The van der Waals surface area contributed by atoms with Gasteiger partial charge in [0.15, 0.2) is 6.61 Å². The van der Waals surface area contributed by atoms with Crippen molar-refractivity contribution in [1.82, 2.24) is 9.88 Å². The van der Waals surface area contributed by atoms with Crippen LogP contribution in [0.15, 0.2) is 85.1 Å². The number of hydrogen-bond acceptors (Lipinski definition) is 2. The Morgan fingerprint density at radius 1 is 1.00 bits per heavy atom. The van der Waals surface area contributed by atoms with Gasteiger partial charge in [0.05, 0.1) is 6.04 Å². The number of carbonyl (C=O) groups excluding carboxylic acids is 1. The number of halogens is 1. The molecule has 1 atom stereocenters. The zero-order valence-electron chi connectivity index (χ0n) is 16.0. The summed E-state index contributed by atoms with van der Waals surface area (Å²) in [6, 6.07) is 23.3. The van der Waals surface area contributed by atoms with Crippen molar-refractivity contribution < 1.29 is 13.9 Å². The van der Waals surface area contributed by atoms with E-state index in [1.54, 1.807) is 11.9 Å². The third-order valence-electron chi connectivity index (χ3n) is 4.99. The average Bonchev–Trinajstić information content (AvgIpc) is 3.18. The minimum absolute atomic E-state index is 0.131. The van der Waals surface area contributed by atoms with Crippen LogP contribution in [0.3, 0.4) is 0 Å². The van der Waals surface area contributed by atoms with Gasteiger partial charge in [-0.1, -0.05) is 48.5 Å². The molecule has 1 N–H and O–H groups in total. The molecule has 0 spiro atoms. The number of nitrogens with zero attached hydrogens (tertiary/aromatic N) is 1. The molecule has 0 saturated heterocycles. The number of aromatic nitrogens is 1. The van der Waals surface area contributed by atoms with E-state index in [4.69, 9.17) is 4.74 Å². The molecule has 0 fully saturated rings. The quantitative estimate of drug-likeness (QED) is 0.509. The van der Waals surface area contributed by atoms with Gasteiger partial charge in [0.2, 0.25) is 0 Å². The minimum Gasteiger partial charge on any atom is -0.484 e. The van der Waals surface area contributed by atoms with Gasteiger partial charge >= 0.3 is 0 Å². The van der Waals surface area contributed by atoms with Crippen molar-refractivity contribution in [1.29, 1.82) is 0 Å². The lowest BCUT2D eigenvalue weighted by Crippen LogP contribution is -2.35. The molecule has 0 aliphatic heterocycles. The van der Waals surface area contributed by atoms with E-state index in [0.717, 1.165) is 22.0 Å². The predicted octanol–water partition coefficient (Wildman–Crippen LogP) is 4.93. The topological polar surface area (TPSA) is 45.3 Å². The standard InChI is InChI=1S/C24H21FN2O2/c1-27(23(28)16-29-19-13-11-18(25)12-14-19)24(17-7-3-2-4-8-17)21-15-26-22-10-6-5-9-20(21)22/h2-15,24,26H,16H2,1H3/t24-/m0/s1. The molecule has 4 rings (SSSR count). The van der Waals surface area contributed by atoms with Crippen molar-refractivity contribution in [2.75, 3.05) is 13.7 Å². The molecule has 1 heterocycles. The van der Waals surface area contributed by atoms with E-state index in [-0.39, 0.29) is 24.4 Å². The summed E-state index contributed by atoms with van der Waals surface area (Å²) in [5.41, 5.74) is 3.05. The van der Waals surface area contributed by atoms with Gasteiger partial charge in [-0.15, -0.1) is 0 Å². The highest BCUT2D eigenvalue weighted by Gasteiger charge is 2.26. The van der Waals surface area contributed by atoms with Crippen molar-refractivity contribution in [2.45, 2.75) is 6.04 Å². The van der Waals surface area contributed by atoms with Crippen LogP contribution in [-0.2, 0) is 4.79 Å². The van der Waals surface area contributed by atoms with E-state index in [2.05, 4.69) is 4.98 Å². The molecular weight excluding hydrogens is 367 g/mol. The van der Waals surface area contributed by atoms with Gasteiger partial charge in [-0.05, 0) is 35.9 Å². The molecule has 29 heavy (non-hydrogen) atoms. The van der Waals surface area contributed by atoms with E-state index in [9.17, 15) is 9.18 Å². The fourth-order valence-corrected chi connectivity index (χ4v) is 3.49. The van der Waals surface area contributed by atoms with Crippen molar-refractivity contribution in [3.8, 4) is 5.75 Å². The summed E-state index contributed by atoms with van der Waals surface area (Å²) in [7, 11) is 1.77. The largest absolute Gasteiger partial charge is 0.484 e. The third kappa shape index (κ3) is 3.99. The van der Waals surface area contributed by atoms with Crippen LogP contribution in [-0.4, -0.2) is 29.4 Å². The van der Waals surface area contributed by atoms with Crippen LogP contribution in [0.5, 0.6) is 5.75 Å². The first-order valence-electron chi connectivity index (χ1n) is 9.38. The van der Waals surface area contributed by atoms with Gasteiger partial charge in [0, 0.05) is 29.7 Å². The van der Waals surface area contributed by atoms with Gasteiger partial charge in [-0.2, -0.15) is 0 Å². The molecule has 4 nitrogen and oxygen atoms in total. The Hall–Kier alpha value is -3.60. The number of likely N-dealkylation sites (N-methyl/N-ethyl adjacent to an activating group) is 1. The van der Waals surface area contributed by atoms with Crippen LogP contribution < -0.4 is 4.74 Å². The highest BCUT2D eigenvalue weighted by atomic mass is 19.1. The highest BCUT2D eigenvalue weighted by molar-refractivity contribution is 5.85. The second-order valence-electron chi connectivity index (χ2n) is 6.85. The molecule has 1 aromatic heterocycles. The van der Waals surface area contributed by atoms with Gasteiger partial charge < -0.3 is 14.6 Å². The minimum atomic E-state index is -0.343. The van der Waals surface area contributed by atoms with Crippen molar-refractivity contribution >= 4 is 16.8 Å². The number of benzene rings is 3. The normalized spacial score (nSPS) is 11.9. The zero-order chi connectivity index (χ0) is 20.2. The van der Waals surface area contributed by atoms with Gasteiger partial charge in [0.25, 0.3) is 5.91 Å². The molecule has 5 heteroatoms. The second kappa shape index (κ2) is 8.19. The maximum Gasteiger partial charge on any atom is 0.261 e. The number of para-hydroxylation sites is 1. The zero-order valence-corrected chi connectivity index (χ0v) is 16.0. The van der Waals surface area contributed by atoms with Crippen LogP contribution >= 0.6 is 0 Å². The molecule has 0 unspecified atom stereocenters. The summed E-state index contributed by atoms with van der Waals surface area (Å²) in [5.74, 6) is -0.0609. The molecule has 0 aliphatic rings. The number of aromatic amines is 1. The van der Waals surface area contributed by atoms with E-state index < -0.39 is 0 Å². The highest BCUT2D eigenvalue weighted by Crippen LogP contribution is 2.33. The van der Waals surface area contributed by atoms with Crippen LogP contribution in [0.4, 0.5) is 4.39 Å². The average molecular weight is 388 g/mol. The SMILES string of the molecule is CN(C(=O)COc1ccc(F)cc1)[C@@H](c1ccccc1)c1c[nH]c2ccccc12. The lowest BCUT2D eigenvalue weighted by molar-refractivity contribution is -0.133. The third-order valence-corrected chi connectivity index (χ3v) is 4.99. The van der Waals surface area contributed by atoms with E-state index in [0.29, 0.717) is 5.75 Å². The molecular formula is C24H21FN2O2. The number of nitrogens with one attached hydrogen (secondary N) is 1. The number of fused-ring (bicyclic) bond motifs is 1. The van der Waals surface area contributed by atoms with Gasteiger partial charge in [-0.3, -0.25) is 4.79 Å². The Labute approximate surface area is 168 Å². The maximum absolute atomic E-state index is 13.1. The monoisotopic (exact) mass is 388 g/mol. The smallest absolute Gasteiger partial charge is 0.261 e. The molecule has 146 valence electrons. The van der Waals surface area contributed by atoms with E-state index >= 15 is 0 Å². The van der Waals surface area contributed by atoms with E-state index in [1.165, 1.54) is 24.3 Å². The number of rotatable bonds is 6. The molecule has 1 amide bonds. The first-order chi connectivity index (χ1) is 14.1. The lowest BCUT2D eigenvalue weighted by Gasteiger charge is -2.29. The number of carbonyl (C=O) groups is 1. The lowest BCUT2D eigenvalue weighted by atomic mass is 9.97. The van der Waals surface area contributed by atoms with Crippen LogP contribution in [0.2, 0.25) is 0 Å². The summed E-state index contributed by atoms with van der Waals surface area (Å²) in [5, 5.41) is 1.07. The summed E-state index contributed by atoms with van der Waals surface area (Å²) in [6.45, 7) is -0.131. The first-order valence-corrected chi connectivity index (χ1v) is 9.38. The fraction of sp³-hybridized carbons (Fsp3) is 0.125. The van der Waals surface area contributed by atoms with Crippen LogP contribution in [0, 0.1) is 5.82 Å². The number of ether oxygens (including phenoxy) is 1. The Morgan fingerprint density at radius 3 is 2.45 bits per heavy atom. The summed E-state index contributed by atoms with van der Waals surface area (Å²) >= 11 is 0. The van der Waals surface area contributed by atoms with Crippen LogP contribution in [0.25, 0.3) is 10.9 Å². The van der Waals surface area contributed by atoms with Crippen LogP contribution in [0.1, 0.15) is 17.2 Å². The molecule has 4 aromatic rings. The Balaban J connectivity index is 1.62. The number of amides is 1. The second-order valence-corrected chi connectivity index (χ2v) is 6.85.